The summed E-state index contributed by atoms with van der Waals surface area (Å²) in [5.41, 5.74) is 0.209. The second-order valence-corrected chi connectivity index (χ2v) is 2.48. The fourth-order valence-corrected chi connectivity index (χ4v) is 0.954. The number of nitrogens with zero attached hydrogens (tertiary/aromatic N) is 1. The number of ether oxygens (including phenoxy) is 1. The van der Waals surface area contributed by atoms with Gasteiger partial charge in [-0.15, -0.1) is 0 Å². The highest BCUT2D eigenvalue weighted by Crippen LogP contribution is 2.10. The minimum absolute atomic E-state index is 0.150. The van der Waals surface area contributed by atoms with E-state index in [2.05, 4.69) is 9.89 Å². The van der Waals surface area contributed by atoms with Crippen LogP contribution in [0.3, 0.4) is 0 Å². The van der Waals surface area contributed by atoms with E-state index in [1.54, 1.807) is 0 Å². The van der Waals surface area contributed by atoms with Gasteiger partial charge in [0, 0.05) is 0 Å². The lowest BCUT2D eigenvalue weighted by atomic mass is 10.1. The van der Waals surface area contributed by atoms with Crippen LogP contribution in [-0.4, -0.2) is 24.5 Å². The van der Waals surface area contributed by atoms with Crippen molar-refractivity contribution in [3.8, 4) is 0 Å². The summed E-state index contributed by atoms with van der Waals surface area (Å²) >= 11 is 0. The van der Waals surface area contributed by atoms with Gasteiger partial charge in [0.05, 0.1) is 18.9 Å². The molecule has 0 aliphatic carbocycles. The molecule has 14 heavy (non-hydrogen) atoms. The number of rotatable bonds is 2. The van der Waals surface area contributed by atoms with Gasteiger partial charge in [-0.2, -0.15) is 0 Å². The number of hydrogen-bond donors (Lipinski definition) is 1. The highest BCUT2D eigenvalue weighted by Gasteiger charge is 2.11. The molecule has 0 fully saturated rings. The first-order valence-electron chi connectivity index (χ1n) is 3.74. The second kappa shape index (κ2) is 4.36. The van der Waals surface area contributed by atoms with Gasteiger partial charge in [-0.1, -0.05) is 11.2 Å². The van der Waals surface area contributed by atoms with E-state index in [9.17, 15) is 9.18 Å². The molecule has 0 aliphatic rings. The summed E-state index contributed by atoms with van der Waals surface area (Å²) in [5, 5.41) is 10.9. The van der Waals surface area contributed by atoms with E-state index in [4.69, 9.17) is 5.21 Å². The number of benzene rings is 1. The van der Waals surface area contributed by atoms with Gasteiger partial charge >= 0.3 is 5.97 Å². The fourth-order valence-electron chi connectivity index (χ4n) is 0.954. The number of halogens is 1. The normalized spacial score (nSPS) is 10.4. The van der Waals surface area contributed by atoms with Gasteiger partial charge in [0.2, 0.25) is 0 Å². The Kier molecular flexibility index (Phi) is 3.17. The van der Waals surface area contributed by atoms with E-state index in [-0.39, 0.29) is 5.56 Å². The van der Waals surface area contributed by atoms with Crippen LogP contribution in [0.2, 0.25) is 0 Å². The van der Waals surface area contributed by atoms with Crippen LogP contribution in [0.15, 0.2) is 23.4 Å². The molecule has 0 saturated heterocycles. The van der Waals surface area contributed by atoms with Crippen LogP contribution in [-0.2, 0) is 4.74 Å². The Morgan fingerprint density at radius 2 is 2.36 bits per heavy atom. The van der Waals surface area contributed by atoms with Gasteiger partial charge in [0.1, 0.15) is 5.82 Å². The molecule has 1 aromatic carbocycles. The molecule has 0 amide bonds. The van der Waals surface area contributed by atoms with Gasteiger partial charge < -0.3 is 9.94 Å². The first kappa shape index (κ1) is 10.2. The van der Waals surface area contributed by atoms with Crippen molar-refractivity contribution in [2.45, 2.75) is 0 Å². The molecule has 0 spiro atoms. The van der Waals surface area contributed by atoms with Crippen molar-refractivity contribution in [2.24, 2.45) is 5.16 Å². The number of carbonyl (C=O) groups excluding carboxylic acids is 1. The van der Waals surface area contributed by atoms with Crippen molar-refractivity contribution in [2.75, 3.05) is 7.11 Å². The van der Waals surface area contributed by atoms with Crippen molar-refractivity contribution in [3.63, 3.8) is 0 Å². The van der Waals surface area contributed by atoms with Gasteiger partial charge in [-0.3, -0.25) is 0 Å². The zero-order valence-electron chi connectivity index (χ0n) is 7.40. The molecule has 1 N–H and O–H groups in total. The van der Waals surface area contributed by atoms with E-state index in [1.165, 1.54) is 19.2 Å². The molecular weight excluding hydrogens is 189 g/mol. The maximum Gasteiger partial charge on any atom is 0.340 e. The summed E-state index contributed by atoms with van der Waals surface area (Å²) in [4.78, 5) is 11.0. The molecule has 0 atom stereocenters. The molecule has 0 aliphatic heterocycles. The minimum atomic E-state index is -0.741. The quantitative estimate of drug-likeness (QED) is 0.337. The summed E-state index contributed by atoms with van der Waals surface area (Å²) in [6.45, 7) is 0. The standard InChI is InChI=1S/C9H8FNO3/c1-14-9(12)7-3-2-6(5-11-13)4-8(7)10/h2-5,13H,1H3/b11-5+. The topological polar surface area (TPSA) is 58.9 Å². The SMILES string of the molecule is COC(=O)c1ccc(/C=N/O)cc1F. The van der Waals surface area contributed by atoms with E-state index < -0.39 is 11.8 Å². The lowest BCUT2D eigenvalue weighted by molar-refractivity contribution is 0.0595. The molecule has 4 nitrogen and oxygen atoms in total. The summed E-state index contributed by atoms with van der Waals surface area (Å²) < 4.78 is 17.5. The van der Waals surface area contributed by atoms with Crippen LogP contribution in [0.5, 0.6) is 0 Å². The summed E-state index contributed by atoms with van der Waals surface area (Å²) in [6.07, 6.45) is 1.06. The maximum absolute atomic E-state index is 13.2. The Labute approximate surface area is 79.6 Å². The number of oxime groups is 1. The molecule has 0 saturated carbocycles. The Hall–Kier alpha value is -1.91. The minimum Gasteiger partial charge on any atom is -0.465 e. The Morgan fingerprint density at radius 1 is 1.64 bits per heavy atom. The Bertz CT molecular complexity index is 376. The zero-order chi connectivity index (χ0) is 10.6. The number of carbonyl (C=O) groups is 1. The highest BCUT2D eigenvalue weighted by molar-refractivity contribution is 5.91. The molecule has 1 aromatic rings. The first-order chi connectivity index (χ1) is 6.69. The molecule has 0 unspecified atom stereocenters. The average molecular weight is 197 g/mol. The van der Waals surface area contributed by atoms with Crippen LogP contribution in [0, 0.1) is 5.82 Å². The lowest BCUT2D eigenvalue weighted by Gasteiger charge is -2.00. The predicted octanol–water partition coefficient (Wildman–Crippen LogP) is 1.42. The monoisotopic (exact) mass is 197 g/mol. The molecule has 1 rings (SSSR count). The predicted molar refractivity (Wildman–Crippen MR) is 47.1 cm³/mol. The van der Waals surface area contributed by atoms with Gasteiger partial charge in [-0.25, -0.2) is 9.18 Å². The Balaban J connectivity index is 3.07. The van der Waals surface area contributed by atoms with Crippen molar-refractivity contribution >= 4 is 12.2 Å². The van der Waals surface area contributed by atoms with Crippen LogP contribution < -0.4 is 0 Å². The molecule has 74 valence electrons. The molecule has 0 heterocycles. The van der Waals surface area contributed by atoms with Crippen LogP contribution in [0.25, 0.3) is 0 Å². The van der Waals surface area contributed by atoms with Crippen molar-refractivity contribution in [1.82, 2.24) is 0 Å². The van der Waals surface area contributed by atoms with Crippen molar-refractivity contribution in [3.05, 3.63) is 35.1 Å². The third-order valence-corrected chi connectivity index (χ3v) is 1.61. The first-order valence-corrected chi connectivity index (χ1v) is 3.74. The summed E-state index contributed by atoms with van der Waals surface area (Å²) in [6, 6.07) is 3.78. The highest BCUT2D eigenvalue weighted by atomic mass is 19.1. The van der Waals surface area contributed by atoms with Crippen LogP contribution in [0.1, 0.15) is 15.9 Å². The number of esters is 1. The number of methoxy groups -OCH3 is 1. The van der Waals surface area contributed by atoms with E-state index >= 15 is 0 Å². The molecule has 0 radical (unpaired) electrons. The van der Waals surface area contributed by atoms with Gasteiger partial charge in [-0.05, 0) is 17.7 Å². The largest absolute Gasteiger partial charge is 0.465 e. The smallest absolute Gasteiger partial charge is 0.340 e. The van der Waals surface area contributed by atoms with Crippen LogP contribution >= 0.6 is 0 Å². The maximum atomic E-state index is 13.2. The molecule has 5 heteroatoms. The summed E-state index contributed by atoms with van der Waals surface area (Å²) in [5.74, 6) is -1.45. The van der Waals surface area contributed by atoms with E-state index in [1.807, 2.05) is 0 Å². The second-order valence-electron chi connectivity index (χ2n) is 2.48. The lowest BCUT2D eigenvalue weighted by Crippen LogP contribution is -2.04. The van der Waals surface area contributed by atoms with E-state index in [0.29, 0.717) is 5.56 Å². The average Bonchev–Trinajstić information content (AvgIpc) is 2.17. The Morgan fingerprint density at radius 3 is 2.86 bits per heavy atom. The van der Waals surface area contributed by atoms with Crippen molar-refractivity contribution in [1.29, 1.82) is 0 Å². The van der Waals surface area contributed by atoms with E-state index in [0.717, 1.165) is 12.3 Å². The van der Waals surface area contributed by atoms with Gasteiger partial charge in [0.25, 0.3) is 0 Å². The zero-order valence-corrected chi connectivity index (χ0v) is 7.40. The fraction of sp³-hybridized carbons (Fsp3) is 0.111. The molecule has 0 bridgehead atoms. The molecular formula is C9H8FNO3. The van der Waals surface area contributed by atoms with Gasteiger partial charge in [0.15, 0.2) is 0 Å². The molecule has 0 aromatic heterocycles. The number of hydrogen-bond acceptors (Lipinski definition) is 4. The third-order valence-electron chi connectivity index (χ3n) is 1.61. The van der Waals surface area contributed by atoms with Crippen LogP contribution in [0.4, 0.5) is 4.39 Å². The third kappa shape index (κ3) is 2.07. The van der Waals surface area contributed by atoms with Crippen molar-refractivity contribution < 1.29 is 19.1 Å². The summed E-state index contributed by atoms with van der Waals surface area (Å²) in [7, 11) is 1.17.